The Hall–Kier alpha value is -3.80. The summed E-state index contributed by atoms with van der Waals surface area (Å²) in [6.45, 7) is 8.22. The lowest BCUT2D eigenvalue weighted by Gasteiger charge is -2.31. The maximum absolute atomic E-state index is 13.2. The van der Waals surface area contributed by atoms with Crippen LogP contribution in [0.3, 0.4) is 0 Å². The molecule has 0 atom stereocenters. The van der Waals surface area contributed by atoms with Crippen LogP contribution >= 0.6 is 0 Å². The molecule has 0 saturated carbocycles. The van der Waals surface area contributed by atoms with E-state index < -0.39 is 18.0 Å². The second kappa shape index (κ2) is 12.6. The van der Waals surface area contributed by atoms with Gasteiger partial charge >= 0.3 is 11.9 Å². The lowest BCUT2D eigenvalue weighted by atomic mass is 10.1. The van der Waals surface area contributed by atoms with Crippen molar-refractivity contribution in [3.63, 3.8) is 0 Å². The van der Waals surface area contributed by atoms with Crippen molar-refractivity contribution in [3.05, 3.63) is 83.9 Å². The number of nitrogens with zero attached hydrogens (tertiary/aromatic N) is 1. The van der Waals surface area contributed by atoms with E-state index in [9.17, 15) is 9.59 Å². The summed E-state index contributed by atoms with van der Waals surface area (Å²) in [7, 11) is 0. The van der Waals surface area contributed by atoms with Crippen LogP contribution < -0.4 is 9.64 Å². The van der Waals surface area contributed by atoms with E-state index >= 15 is 0 Å². The molecule has 0 N–H and O–H groups in total. The van der Waals surface area contributed by atoms with E-state index in [1.807, 2.05) is 100 Å². The van der Waals surface area contributed by atoms with Crippen molar-refractivity contribution in [2.75, 3.05) is 18.1 Å². The Morgan fingerprint density at radius 3 is 1.74 bits per heavy atom. The summed E-state index contributed by atoms with van der Waals surface area (Å²) in [5, 5.41) is 0. The fraction of sp³-hybridized carbons (Fsp3) is 0.310. The quantitative estimate of drug-likeness (QED) is 0.233. The zero-order valence-electron chi connectivity index (χ0n) is 20.8. The molecule has 3 aromatic rings. The van der Waals surface area contributed by atoms with E-state index in [-0.39, 0.29) is 13.2 Å². The minimum atomic E-state index is -1.28. The number of carbonyl (C=O) groups is 2. The third kappa shape index (κ3) is 7.09. The van der Waals surface area contributed by atoms with Crippen molar-refractivity contribution in [3.8, 4) is 11.5 Å². The first-order valence-corrected chi connectivity index (χ1v) is 12.0. The van der Waals surface area contributed by atoms with Crippen molar-refractivity contribution >= 4 is 23.3 Å². The summed E-state index contributed by atoms with van der Waals surface area (Å²) in [4.78, 5) is 28.0. The van der Waals surface area contributed by atoms with Gasteiger partial charge in [-0.05, 0) is 86.3 Å². The number of ether oxygens (including phenoxy) is 3. The molecule has 3 aromatic carbocycles. The van der Waals surface area contributed by atoms with Crippen LogP contribution in [-0.2, 0) is 19.1 Å². The SMILES string of the molecule is CCCOC(=O)C(C(=O)OCCC)N(c1ccc(Oc2ccccc2)cc1)c1cc(C)cc(C)c1. The molecule has 0 aliphatic rings. The van der Waals surface area contributed by atoms with Gasteiger partial charge in [0.25, 0.3) is 0 Å². The zero-order chi connectivity index (χ0) is 25.2. The van der Waals surface area contributed by atoms with Crippen LogP contribution in [-0.4, -0.2) is 31.2 Å². The number of esters is 2. The van der Waals surface area contributed by atoms with E-state index in [0.717, 1.165) is 16.9 Å². The van der Waals surface area contributed by atoms with Crippen LogP contribution in [0.1, 0.15) is 37.8 Å². The first-order chi connectivity index (χ1) is 16.9. The van der Waals surface area contributed by atoms with Crippen molar-refractivity contribution in [2.24, 2.45) is 0 Å². The highest BCUT2D eigenvalue weighted by molar-refractivity contribution is 6.04. The summed E-state index contributed by atoms with van der Waals surface area (Å²) in [5.41, 5.74) is 3.36. The summed E-state index contributed by atoms with van der Waals surface area (Å²) in [6.07, 6.45) is 1.30. The van der Waals surface area contributed by atoms with Crippen LogP contribution in [0.25, 0.3) is 0 Å². The smallest absolute Gasteiger partial charge is 0.340 e. The molecule has 35 heavy (non-hydrogen) atoms. The highest BCUT2D eigenvalue weighted by Crippen LogP contribution is 2.33. The van der Waals surface area contributed by atoms with Gasteiger partial charge in [0.2, 0.25) is 6.04 Å². The molecule has 0 unspecified atom stereocenters. The molecule has 0 amide bonds. The highest BCUT2D eigenvalue weighted by Gasteiger charge is 2.37. The van der Waals surface area contributed by atoms with Gasteiger partial charge in [0, 0.05) is 11.4 Å². The van der Waals surface area contributed by atoms with Crippen LogP contribution in [0.4, 0.5) is 11.4 Å². The van der Waals surface area contributed by atoms with Gasteiger partial charge in [-0.2, -0.15) is 0 Å². The molecule has 0 radical (unpaired) electrons. The molecular formula is C29H33NO5. The molecule has 0 bridgehead atoms. The van der Waals surface area contributed by atoms with Crippen molar-refractivity contribution in [1.29, 1.82) is 0 Å². The molecule has 0 aromatic heterocycles. The summed E-state index contributed by atoms with van der Waals surface area (Å²) in [6, 6.07) is 21.4. The Balaban J connectivity index is 2.04. The second-order valence-electron chi connectivity index (χ2n) is 8.36. The predicted molar refractivity (Wildman–Crippen MR) is 137 cm³/mol. The highest BCUT2D eigenvalue weighted by atomic mass is 16.6. The predicted octanol–water partition coefficient (Wildman–Crippen LogP) is 6.51. The molecule has 0 saturated heterocycles. The van der Waals surface area contributed by atoms with Gasteiger partial charge in [-0.1, -0.05) is 38.1 Å². The number of rotatable bonds is 11. The number of carbonyl (C=O) groups excluding carboxylic acids is 2. The fourth-order valence-corrected chi connectivity index (χ4v) is 3.71. The third-order valence-electron chi connectivity index (χ3n) is 5.18. The van der Waals surface area contributed by atoms with Crippen LogP contribution in [0.2, 0.25) is 0 Å². The molecule has 0 spiro atoms. The number of aryl methyl sites for hydroxylation is 2. The largest absolute Gasteiger partial charge is 0.464 e. The van der Waals surface area contributed by atoms with Gasteiger partial charge in [0.05, 0.1) is 13.2 Å². The average Bonchev–Trinajstić information content (AvgIpc) is 2.85. The summed E-state index contributed by atoms with van der Waals surface area (Å²) in [5.74, 6) is 0.0722. The summed E-state index contributed by atoms with van der Waals surface area (Å²) >= 11 is 0. The Bertz CT molecular complexity index is 1070. The van der Waals surface area contributed by atoms with Gasteiger partial charge < -0.3 is 19.1 Å². The van der Waals surface area contributed by atoms with Crippen LogP contribution in [0.15, 0.2) is 72.8 Å². The van der Waals surface area contributed by atoms with Gasteiger partial charge in [0.15, 0.2) is 0 Å². The minimum Gasteiger partial charge on any atom is -0.464 e. The maximum Gasteiger partial charge on any atom is 0.340 e. The second-order valence-corrected chi connectivity index (χ2v) is 8.36. The van der Waals surface area contributed by atoms with Crippen molar-refractivity contribution in [2.45, 2.75) is 46.6 Å². The Morgan fingerprint density at radius 2 is 1.23 bits per heavy atom. The molecule has 0 aliphatic heterocycles. The Labute approximate surface area is 207 Å². The van der Waals surface area contributed by atoms with Crippen LogP contribution in [0, 0.1) is 13.8 Å². The average molecular weight is 476 g/mol. The van der Waals surface area contributed by atoms with Gasteiger partial charge in [-0.25, -0.2) is 9.59 Å². The number of hydrogen-bond acceptors (Lipinski definition) is 6. The van der Waals surface area contributed by atoms with Gasteiger partial charge in [0.1, 0.15) is 11.5 Å². The van der Waals surface area contributed by atoms with E-state index in [0.29, 0.717) is 30.0 Å². The topological polar surface area (TPSA) is 65.1 Å². The molecule has 184 valence electrons. The normalized spacial score (nSPS) is 10.7. The molecule has 6 heteroatoms. The molecule has 0 aliphatic carbocycles. The Morgan fingerprint density at radius 1 is 0.714 bits per heavy atom. The van der Waals surface area contributed by atoms with E-state index in [4.69, 9.17) is 14.2 Å². The number of benzene rings is 3. The molecule has 6 nitrogen and oxygen atoms in total. The molecular weight excluding hydrogens is 442 g/mol. The van der Waals surface area contributed by atoms with Gasteiger partial charge in [-0.3, -0.25) is 0 Å². The number of para-hydroxylation sites is 1. The van der Waals surface area contributed by atoms with E-state index in [1.165, 1.54) is 0 Å². The summed E-state index contributed by atoms with van der Waals surface area (Å²) < 4.78 is 16.8. The van der Waals surface area contributed by atoms with Crippen molar-refractivity contribution < 1.29 is 23.8 Å². The third-order valence-corrected chi connectivity index (χ3v) is 5.18. The standard InChI is InChI=1S/C29H33NO5/c1-5-16-33-28(31)27(29(32)34-17-6-2)30(24-19-21(3)18-22(4)20-24)23-12-14-26(15-13-23)35-25-10-8-7-9-11-25/h7-15,18-20,27H,5-6,16-17H2,1-4H3. The lowest BCUT2D eigenvalue weighted by molar-refractivity contribution is -0.156. The molecule has 0 fully saturated rings. The zero-order valence-corrected chi connectivity index (χ0v) is 20.8. The lowest BCUT2D eigenvalue weighted by Crippen LogP contribution is -2.46. The van der Waals surface area contributed by atoms with Crippen molar-refractivity contribution in [1.82, 2.24) is 0 Å². The first-order valence-electron chi connectivity index (χ1n) is 12.0. The fourth-order valence-electron chi connectivity index (χ4n) is 3.71. The molecule has 0 heterocycles. The van der Waals surface area contributed by atoms with E-state index in [2.05, 4.69) is 0 Å². The first kappa shape index (κ1) is 25.8. The minimum absolute atomic E-state index is 0.223. The monoisotopic (exact) mass is 475 g/mol. The van der Waals surface area contributed by atoms with Gasteiger partial charge in [-0.15, -0.1) is 0 Å². The molecule has 3 rings (SSSR count). The number of hydrogen-bond donors (Lipinski definition) is 0. The van der Waals surface area contributed by atoms with Crippen LogP contribution in [0.5, 0.6) is 11.5 Å². The number of anilines is 2. The van der Waals surface area contributed by atoms with E-state index in [1.54, 1.807) is 4.90 Å². The Kier molecular flexibility index (Phi) is 9.30. The maximum atomic E-state index is 13.2.